The highest BCUT2D eigenvalue weighted by Gasteiger charge is 2.26. The Labute approximate surface area is 132 Å². The van der Waals surface area contributed by atoms with Crippen molar-refractivity contribution in [3.8, 4) is 0 Å². The van der Waals surface area contributed by atoms with Crippen LogP contribution in [0.5, 0.6) is 0 Å². The largest absolute Gasteiger partial charge is 0.371 e. The third-order valence-electron chi connectivity index (χ3n) is 4.20. The molecule has 1 aliphatic rings. The zero-order valence-electron chi connectivity index (χ0n) is 13.3. The van der Waals surface area contributed by atoms with Gasteiger partial charge in [0.15, 0.2) is 0 Å². The van der Waals surface area contributed by atoms with Crippen LogP contribution in [0.1, 0.15) is 40.2 Å². The summed E-state index contributed by atoms with van der Waals surface area (Å²) >= 11 is 3.73. The quantitative estimate of drug-likeness (QED) is 0.876. The van der Waals surface area contributed by atoms with Crippen LogP contribution in [0.15, 0.2) is 22.7 Å². The fourth-order valence-electron chi connectivity index (χ4n) is 2.58. The van der Waals surface area contributed by atoms with Crippen LogP contribution in [0, 0.1) is 11.8 Å². The molecule has 2 nitrogen and oxygen atoms in total. The van der Waals surface area contributed by atoms with E-state index in [1.165, 1.54) is 28.8 Å². The highest BCUT2D eigenvalue weighted by molar-refractivity contribution is 9.10. The van der Waals surface area contributed by atoms with Gasteiger partial charge in [-0.3, -0.25) is 0 Å². The molecule has 0 saturated carbocycles. The van der Waals surface area contributed by atoms with Crippen LogP contribution >= 0.6 is 15.9 Å². The van der Waals surface area contributed by atoms with Crippen molar-refractivity contribution in [3.05, 3.63) is 28.2 Å². The molecule has 2 atom stereocenters. The van der Waals surface area contributed by atoms with Gasteiger partial charge < -0.3 is 10.2 Å². The molecule has 1 aromatic rings. The summed E-state index contributed by atoms with van der Waals surface area (Å²) in [6.07, 6.45) is 0. The van der Waals surface area contributed by atoms with Crippen molar-refractivity contribution in [1.29, 1.82) is 0 Å². The number of halogens is 1. The van der Waals surface area contributed by atoms with Crippen molar-refractivity contribution in [3.63, 3.8) is 0 Å². The maximum Gasteiger partial charge on any atom is 0.0377 e. The van der Waals surface area contributed by atoms with Crippen molar-refractivity contribution >= 4 is 21.6 Å². The zero-order valence-corrected chi connectivity index (χ0v) is 14.9. The van der Waals surface area contributed by atoms with Gasteiger partial charge in [-0.15, -0.1) is 0 Å². The van der Waals surface area contributed by atoms with Crippen molar-refractivity contribution in [2.45, 2.75) is 46.7 Å². The fraction of sp³-hybridized carbons (Fsp3) is 0.647. The lowest BCUT2D eigenvalue weighted by molar-refractivity contribution is 0.424. The Balaban J connectivity index is 2.06. The first-order valence-electron chi connectivity index (χ1n) is 7.54. The predicted octanol–water partition coefficient (Wildman–Crippen LogP) is 4.43. The van der Waals surface area contributed by atoms with E-state index in [4.69, 9.17) is 0 Å². The molecule has 1 aliphatic heterocycles. The Hall–Kier alpha value is -0.540. The third-order valence-corrected chi connectivity index (χ3v) is 4.94. The van der Waals surface area contributed by atoms with Crippen LogP contribution in [0.2, 0.25) is 0 Å². The Morgan fingerprint density at radius 2 is 1.80 bits per heavy atom. The third kappa shape index (κ3) is 3.98. The Kier molecular flexibility index (Phi) is 4.80. The lowest BCUT2D eigenvalue weighted by Gasteiger charge is -2.22. The van der Waals surface area contributed by atoms with Gasteiger partial charge in [-0.1, -0.05) is 35.8 Å². The van der Waals surface area contributed by atoms with Crippen molar-refractivity contribution < 1.29 is 0 Å². The van der Waals surface area contributed by atoms with Crippen molar-refractivity contribution in [2.24, 2.45) is 11.8 Å². The first kappa shape index (κ1) is 15.8. The highest BCUT2D eigenvalue weighted by Crippen LogP contribution is 2.30. The smallest absolute Gasteiger partial charge is 0.0377 e. The normalized spacial score (nSPS) is 23.4. The Bertz CT molecular complexity index is 455. The molecule has 0 aliphatic carbocycles. The van der Waals surface area contributed by atoms with Gasteiger partial charge in [0.2, 0.25) is 0 Å². The minimum Gasteiger partial charge on any atom is -0.371 e. The van der Waals surface area contributed by atoms with Crippen LogP contribution in [0.3, 0.4) is 0 Å². The Morgan fingerprint density at radius 1 is 1.20 bits per heavy atom. The van der Waals surface area contributed by atoms with Gasteiger partial charge >= 0.3 is 0 Å². The van der Waals surface area contributed by atoms with Gasteiger partial charge in [-0.25, -0.2) is 0 Å². The van der Waals surface area contributed by atoms with Gasteiger partial charge in [-0.05, 0) is 50.3 Å². The summed E-state index contributed by atoms with van der Waals surface area (Å²) in [5, 5.41) is 3.54. The number of benzene rings is 1. The molecule has 0 amide bonds. The van der Waals surface area contributed by atoms with Gasteiger partial charge in [0.25, 0.3) is 0 Å². The lowest BCUT2D eigenvalue weighted by Crippen LogP contribution is -2.35. The molecule has 1 heterocycles. The predicted molar refractivity (Wildman–Crippen MR) is 91.3 cm³/mol. The second-order valence-corrected chi connectivity index (χ2v) is 8.09. The topological polar surface area (TPSA) is 15.3 Å². The summed E-state index contributed by atoms with van der Waals surface area (Å²) in [5.41, 5.74) is 2.81. The molecular formula is C17H27BrN2. The number of anilines is 1. The summed E-state index contributed by atoms with van der Waals surface area (Å²) in [4.78, 5) is 2.50. The van der Waals surface area contributed by atoms with E-state index < -0.39 is 0 Å². The molecule has 0 radical (unpaired) electrons. The maximum absolute atomic E-state index is 3.73. The second kappa shape index (κ2) is 6.07. The number of rotatable bonds is 3. The number of nitrogens with one attached hydrogen (secondary N) is 1. The van der Waals surface area contributed by atoms with Gasteiger partial charge in [-0.2, -0.15) is 0 Å². The first-order valence-corrected chi connectivity index (χ1v) is 8.34. The number of hydrogen-bond acceptors (Lipinski definition) is 2. The molecule has 2 unspecified atom stereocenters. The van der Waals surface area contributed by atoms with Crippen LogP contribution in [-0.4, -0.2) is 18.6 Å². The highest BCUT2D eigenvalue weighted by atomic mass is 79.9. The standard InChI is InChI=1S/C17H27BrN2/c1-12-10-20(11-13(12)2)15-7-6-14(16(18)8-15)9-19-17(3,4)5/h6-8,12-13,19H,9-11H2,1-5H3. The molecule has 20 heavy (non-hydrogen) atoms. The van der Waals surface area contributed by atoms with Gasteiger partial charge in [0.05, 0.1) is 0 Å². The average molecular weight is 339 g/mol. The minimum atomic E-state index is 0.151. The number of nitrogens with zero attached hydrogens (tertiary/aromatic N) is 1. The van der Waals surface area contributed by atoms with Crippen LogP contribution in [0.4, 0.5) is 5.69 Å². The van der Waals surface area contributed by atoms with Crippen LogP contribution < -0.4 is 10.2 Å². The van der Waals surface area contributed by atoms with Crippen LogP contribution in [0.25, 0.3) is 0 Å². The van der Waals surface area contributed by atoms with Gasteiger partial charge in [0.1, 0.15) is 0 Å². The summed E-state index contributed by atoms with van der Waals surface area (Å²) in [6.45, 7) is 14.5. The van der Waals surface area contributed by atoms with E-state index in [-0.39, 0.29) is 5.54 Å². The minimum absolute atomic E-state index is 0.151. The molecule has 0 spiro atoms. The molecular weight excluding hydrogens is 312 g/mol. The molecule has 1 aromatic carbocycles. The summed E-state index contributed by atoms with van der Waals surface area (Å²) in [7, 11) is 0. The van der Waals surface area contributed by atoms with E-state index in [0.29, 0.717) is 0 Å². The zero-order chi connectivity index (χ0) is 14.9. The fourth-order valence-corrected chi connectivity index (χ4v) is 3.08. The Morgan fingerprint density at radius 3 is 2.30 bits per heavy atom. The van der Waals surface area contributed by atoms with E-state index in [1.54, 1.807) is 0 Å². The molecule has 0 bridgehead atoms. The molecule has 1 saturated heterocycles. The summed E-state index contributed by atoms with van der Waals surface area (Å²) in [5.74, 6) is 1.58. The molecule has 0 aromatic heterocycles. The SMILES string of the molecule is CC1CN(c2ccc(CNC(C)(C)C)c(Br)c2)CC1C. The van der Waals surface area contributed by atoms with E-state index in [2.05, 4.69) is 79.0 Å². The monoisotopic (exact) mass is 338 g/mol. The molecule has 1 fully saturated rings. The molecule has 112 valence electrons. The maximum atomic E-state index is 3.73. The molecule has 2 rings (SSSR count). The average Bonchev–Trinajstić information content (AvgIpc) is 2.67. The molecule has 1 N–H and O–H groups in total. The van der Waals surface area contributed by atoms with Crippen molar-refractivity contribution in [1.82, 2.24) is 5.32 Å². The van der Waals surface area contributed by atoms with E-state index in [0.717, 1.165) is 18.4 Å². The van der Waals surface area contributed by atoms with Crippen LogP contribution in [-0.2, 0) is 6.54 Å². The summed E-state index contributed by atoms with van der Waals surface area (Å²) < 4.78 is 1.21. The van der Waals surface area contributed by atoms with E-state index in [9.17, 15) is 0 Å². The molecule has 3 heteroatoms. The second-order valence-electron chi connectivity index (χ2n) is 7.24. The van der Waals surface area contributed by atoms with E-state index in [1.807, 2.05) is 0 Å². The lowest BCUT2D eigenvalue weighted by atomic mass is 10.0. The van der Waals surface area contributed by atoms with Crippen molar-refractivity contribution in [2.75, 3.05) is 18.0 Å². The summed E-state index contributed by atoms with van der Waals surface area (Å²) in [6, 6.07) is 6.77. The first-order chi connectivity index (χ1) is 9.26. The number of hydrogen-bond donors (Lipinski definition) is 1. The van der Waals surface area contributed by atoms with E-state index >= 15 is 0 Å². The van der Waals surface area contributed by atoms with Gasteiger partial charge in [0, 0.05) is 35.3 Å².